The molecule has 2 fully saturated rings. The molecule has 0 radical (unpaired) electrons. The Bertz CT molecular complexity index is 303. The van der Waals surface area contributed by atoms with E-state index in [-0.39, 0.29) is 24.0 Å². The molecule has 1 saturated heterocycles. The molecule has 4 unspecified atom stereocenters. The van der Waals surface area contributed by atoms with Gasteiger partial charge in [-0.2, -0.15) is 0 Å². The third kappa shape index (κ3) is 3.93. The Kier molecular flexibility index (Phi) is 5.22. The first-order valence-corrected chi connectivity index (χ1v) is 7.70. The zero-order valence-corrected chi connectivity index (χ0v) is 12.3. The lowest BCUT2D eigenvalue weighted by molar-refractivity contribution is -0.138. The molecule has 1 heterocycles. The van der Waals surface area contributed by atoms with E-state index in [9.17, 15) is 4.79 Å². The highest BCUT2D eigenvalue weighted by Crippen LogP contribution is 2.29. The highest BCUT2D eigenvalue weighted by molar-refractivity contribution is 5.78. The van der Waals surface area contributed by atoms with Gasteiger partial charge in [0.05, 0.1) is 6.10 Å². The molecule has 0 aromatic heterocycles. The largest absolute Gasteiger partial charge is 0.376 e. The first-order chi connectivity index (χ1) is 9.08. The number of nitrogens with two attached hydrogens (primary N) is 1. The van der Waals surface area contributed by atoms with Crippen LogP contribution < -0.4 is 5.73 Å². The van der Waals surface area contributed by atoms with Crippen molar-refractivity contribution >= 4 is 5.91 Å². The monoisotopic (exact) mass is 268 g/mol. The van der Waals surface area contributed by atoms with Crippen LogP contribution in [0.25, 0.3) is 0 Å². The van der Waals surface area contributed by atoms with Gasteiger partial charge in [-0.1, -0.05) is 6.92 Å². The molecule has 1 aliphatic heterocycles. The van der Waals surface area contributed by atoms with Crippen LogP contribution in [0.3, 0.4) is 0 Å². The number of amides is 1. The van der Waals surface area contributed by atoms with E-state index in [4.69, 9.17) is 10.5 Å². The summed E-state index contributed by atoms with van der Waals surface area (Å²) in [6, 6.07) is 0.274. The molecule has 0 aromatic carbocycles. The van der Waals surface area contributed by atoms with E-state index < -0.39 is 0 Å². The number of carbonyl (C=O) groups is 1. The molecule has 2 aliphatic rings. The molecule has 0 spiro atoms. The van der Waals surface area contributed by atoms with Gasteiger partial charge >= 0.3 is 0 Å². The quantitative estimate of drug-likeness (QED) is 0.849. The van der Waals surface area contributed by atoms with Gasteiger partial charge in [-0.15, -0.1) is 0 Å². The third-order valence-electron chi connectivity index (χ3n) is 4.71. The summed E-state index contributed by atoms with van der Waals surface area (Å²) in [6.45, 7) is 3.76. The minimum atomic E-state index is 0.170. The van der Waals surface area contributed by atoms with Gasteiger partial charge in [0, 0.05) is 32.2 Å². The lowest BCUT2D eigenvalue weighted by atomic mass is 9.79. The van der Waals surface area contributed by atoms with Gasteiger partial charge in [0.15, 0.2) is 0 Å². The van der Waals surface area contributed by atoms with E-state index in [0.717, 1.165) is 45.3 Å². The normalized spacial score (nSPS) is 35.9. The summed E-state index contributed by atoms with van der Waals surface area (Å²) in [5.74, 6) is 0.915. The molecule has 2 rings (SSSR count). The van der Waals surface area contributed by atoms with Gasteiger partial charge in [0.2, 0.25) is 5.91 Å². The molecule has 4 heteroatoms. The minimum Gasteiger partial charge on any atom is -0.376 e. The van der Waals surface area contributed by atoms with Crippen molar-refractivity contribution in [1.29, 1.82) is 0 Å². The van der Waals surface area contributed by atoms with Crippen LogP contribution in [0.2, 0.25) is 0 Å². The van der Waals surface area contributed by atoms with Crippen LogP contribution in [0.4, 0.5) is 0 Å². The number of hydrogen-bond acceptors (Lipinski definition) is 3. The Morgan fingerprint density at radius 1 is 1.32 bits per heavy atom. The Balaban J connectivity index is 1.81. The smallest absolute Gasteiger partial charge is 0.225 e. The van der Waals surface area contributed by atoms with Crippen LogP contribution in [0, 0.1) is 11.8 Å². The van der Waals surface area contributed by atoms with Crippen molar-refractivity contribution in [3.63, 3.8) is 0 Å². The number of ether oxygens (including phenoxy) is 1. The topological polar surface area (TPSA) is 55.6 Å². The Morgan fingerprint density at radius 2 is 2.11 bits per heavy atom. The van der Waals surface area contributed by atoms with Crippen LogP contribution >= 0.6 is 0 Å². The summed E-state index contributed by atoms with van der Waals surface area (Å²) in [5.41, 5.74) is 6.02. The molecule has 2 N–H and O–H groups in total. The van der Waals surface area contributed by atoms with E-state index in [1.807, 2.05) is 11.9 Å². The summed E-state index contributed by atoms with van der Waals surface area (Å²) in [5, 5.41) is 0. The van der Waals surface area contributed by atoms with E-state index in [2.05, 4.69) is 6.92 Å². The molecule has 4 atom stereocenters. The summed E-state index contributed by atoms with van der Waals surface area (Å²) in [4.78, 5) is 14.3. The van der Waals surface area contributed by atoms with Crippen molar-refractivity contribution in [3.05, 3.63) is 0 Å². The van der Waals surface area contributed by atoms with Gasteiger partial charge < -0.3 is 15.4 Å². The molecule has 1 amide bonds. The van der Waals surface area contributed by atoms with Gasteiger partial charge in [0.1, 0.15) is 0 Å². The average molecular weight is 268 g/mol. The second-order valence-electron chi connectivity index (χ2n) is 6.36. The maximum absolute atomic E-state index is 12.5. The predicted octanol–water partition coefficient (Wildman–Crippen LogP) is 1.78. The summed E-state index contributed by atoms with van der Waals surface area (Å²) >= 11 is 0. The van der Waals surface area contributed by atoms with Crippen molar-refractivity contribution in [3.8, 4) is 0 Å². The van der Waals surface area contributed by atoms with E-state index in [0.29, 0.717) is 5.92 Å². The molecule has 19 heavy (non-hydrogen) atoms. The van der Waals surface area contributed by atoms with E-state index in [1.54, 1.807) is 0 Å². The maximum atomic E-state index is 12.5. The van der Waals surface area contributed by atoms with Crippen molar-refractivity contribution < 1.29 is 9.53 Å². The predicted molar refractivity (Wildman–Crippen MR) is 75.7 cm³/mol. The van der Waals surface area contributed by atoms with Crippen LogP contribution in [-0.4, -0.2) is 43.2 Å². The molecular weight excluding hydrogens is 240 g/mol. The molecule has 110 valence electrons. The van der Waals surface area contributed by atoms with E-state index in [1.165, 1.54) is 6.42 Å². The second kappa shape index (κ2) is 6.71. The number of nitrogens with zero attached hydrogens (tertiary/aromatic N) is 1. The number of carbonyl (C=O) groups excluding carboxylic acids is 1. The fraction of sp³-hybridized carbons (Fsp3) is 0.933. The summed E-state index contributed by atoms with van der Waals surface area (Å²) < 4.78 is 5.71. The molecule has 1 saturated carbocycles. The number of likely N-dealkylation sites (N-methyl/N-ethyl adjacent to an activating group) is 1. The second-order valence-corrected chi connectivity index (χ2v) is 6.36. The fourth-order valence-electron chi connectivity index (χ4n) is 3.30. The van der Waals surface area contributed by atoms with Gasteiger partial charge in [0.25, 0.3) is 0 Å². The molecule has 0 bridgehead atoms. The standard InChI is InChI=1S/C15H28N2O2/c1-11-9-12(6-7-14(11)16)15(18)17(2)10-13-5-3-4-8-19-13/h11-14H,3-10,16H2,1-2H3. The van der Waals surface area contributed by atoms with Crippen molar-refractivity contribution in [2.45, 2.75) is 57.6 Å². The molecule has 0 aromatic rings. The van der Waals surface area contributed by atoms with Crippen LogP contribution in [0.15, 0.2) is 0 Å². The van der Waals surface area contributed by atoms with Gasteiger partial charge in [-0.25, -0.2) is 0 Å². The summed E-state index contributed by atoms with van der Waals surface area (Å²) in [6.07, 6.45) is 6.57. The Labute approximate surface area is 116 Å². The Hall–Kier alpha value is -0.610. The maximum Gasteiger partial charge on any atom is 0.225 e. The van der Waals surface area contributed by atoms with Crippen LogP contribution in [-0.2, 0) is 9.53 Å². The van der Waals surface area contributed by atoms with Gasteiger partial charge in [-0.05, 0) is 44.4 Å². The average Bonchev–Trinajstić information content (AvgIpc) is 2.42. The third-order valence-corrected chi connectivity index (χ3v) is 4.71. The number of hydrogen-bond donors (Lipinski definition) is 1. The van der Waals surface area contributed by atoms with Crippen molar-refractivity contribution in [1.82, 2.24) is 4.90 Å². The Morgan fingerprint density at radius 3 is 2.74 bits per heavy atom. The molecular formula is C15H28N2O2. The lowest BCUT2D eigenvalue weighted by Gasteiger charge is -2.34. The fourth-order valence-corrected chi connectivity index (χ4v) is 3.30. The highest BCUT2D eigenvalue weighted by atomic mass is 16.5. The zero-order valence-electron chi connectivity index (χ0n) is 12.3. The SMILES string of the molecule is CC1CC(C(=O)N(C)CC2CCCCO2)CCC1N. The number of rotatable bonds is 3. The zero-order chi connectivity index (χ0) is 13.8. The van der Waals surface area contributed by atoms with Crippen molar-refractivity contribution in [2.24, 2.45) is 17.6 Å². The first kappa shape index (κ1) is 14.8. The minimum absolute atomic E-state index is 0.170. The van der Waals surface area contributed by atoms with Crippen molar-refractivity contribution in [2.75, 3.05) is 20.2 Å². The van der Waals surface area contributed by atoms with E-state index >= 15 is 0 Å². The van der Waals surface area contributed by atoms with Crippen LogP contribution in [0.5, 0.6) is 0 Å². The van der Waals surface area contributed by atoms with Gasteiger partial charge in [-0.3, -0.25) is 4.79 Å². The first-order valence-electron chi connectivity index (χ1n) is 7.70. The summed E-state index contributed by atoms with van der Waals surface area (Å²) in [7, 11) is 1.92. The molecule has 4 nitrogen and oxygen atoms in total. The van der Waals surface area contributed by atoms with Crippen LogP contribution in [0.1, 0.15) is 45.4 Å². The lowest BCUT2D eigenvalue weighted by Crippen LogP contribution is -2.44. The highest BCUT2D eigenvalue weighted by Gasteiger charge is 2.31. The molecule has 1 aliphatic carbocycles.